The molecule has 3 aromatic rings. The van der Waals surface area contributed by atoms with Crippen LogP contribution >= 0.6 is 23.1 Å². The number of ether oxygens (including phenoxy) is 2. The Morgan fingerprint density at radius 1 is 1.21 bits per heavy atom. The van der Waals surface area contributed by atoms with Gasteiger partial charge in [0.15, 0.2) is 4.80 Å². The van der Waals surface area contributed by atoms with Gasteiger partial charge in [0.05, 0.1) is 29.2 Å². The second-order valence-corrected chi connectivity index (χ2v) is 8.07. The van der Waals surface area contributed by atoms with Gasteiger partial charge in [-0.05, 0) is 30.7 Å². The first-order valence-electron chi connectivity index (χ1n) is 9.15. The summed E-state index contributed by atoms with van der Waals surface area (Å²) in [5, 5.41) is 0. The predicted octanol–water partition coefficient (Wildman–Crippen LogP) is 4.11. The Morgan fingerprint density at radius 3 is 2.79 bits per heavy atom. The standard InChI is InChI=1S/C21H24N2O3S2/c1-3-26-17-9-10-18-19(13-17)28-21(23(18)11-12-25-2)22-20(24)15-27-14-16-7-5-4-6-8-16/h4-10,13H,3,11-12,14-15H2,1-2H3. The fourth-order valence-electron chi connectivity index (χ4n) is 2.76. The summed E-state index contributed by atoms with van der Waals surface area (Å²) in [5.41, 5.74) is 2.25. The quantitative estimate of drug-likeness (QED) is 0.527. The van der Waals surface area contributed by atoms with Crippen molar-refractivity contribution in [1.29, 1.82) is 0 Å². The minimum absolute atomic E-state index is 0.122. The molecule has 1 amide bonds. The molecule has 0 radical (unpaired) electrons. The number of thioether (sulfide) groups is 1. The van der Waals surface area contributed by atoms with Gasteiger partial charge in [-0.1, -0.05) is 41.7 Å². The number of amides is 1. The zero-order valence-corrected chi connectivity index (χ0v) is 17.7. The van der Waals surface area contributed by atoms with E-state index in [1.54, 1.807) is 18.9 Å². The fourth-order valence-corrected chi connectivity index (χ4v) is 4.63. The molecule has 0 fully saturated rings. The molecule has 0 bridgehead atoms. The van der Waals surface area contributed by atoms with Crippen molar-refractivity contribution in [1.82, 2.24) is 4.57 Å². The van der Waals surface area contributed by atoms with E-state index in [4.69, 9.17) is 9.47 Å². The summed E-state index contributed by atoms with van der Waals surface area (Å²) in [6.07, 6.45) is 0. The van der Waals surface area contributed by atoms with E-state index >= 15 is 0 Å². The number of carbonyl (C=O) groups is 1. The van der Waals surface area contributed by atoms with Crippen molar-refractivity contribution in [2.24, 2.45) is 4.99 Å². The lowest BCUT2D eigenvalue weighted by Gasteiger charge is -2.06. The Kier molecular flexibility index (Phi) is 7.71. The number of thiazole rings is 1. The molecule has 0 atom stereocenters. The maximum Gasteiger partial charge on any atom is 0.258 e. The molecule has 0 saturated heterocycles. The lowest BCUT2D eigenvalue weighted by molar-refractivity contribution is -0.115. The number of hydrogen-bond donors (Lipinski definition) is 0. The minimum Gasteiger partial charge on any atom is -0.494 e. The molecule has 0 saturated carbocycles. The average molecular weight is 417 g/mol. The Bertz CT molecular complexity index is 980. The monoisotopic (exact) mass is 416 g/mol. The predicted molar refractivity (Wildman–Crippen MR) is 116 cm³/mol. The van der Waals surface area contributed by atoms with Crippen LogP contribution in [0.5, 0.6) is 5.75 Å². The van der Waals surface area contributed by atoms with Gasteiger partial charge in [0.25, 0.3) is 5.91 Å². The van der Waals surface area contributed by atoms with E-state index in [1.807, 2.05) is 47.9 Å². The Morgan fingerprint density at radius 2 is 2.04 bits per heavy atom. The van der Waals surface area contributed by atoms with E-state index < -0.39 is 0 Å². The first-order chi connectivity index (χ1) is 13.7. The van der Waals surface area contributed by atoms with Gasteiger partial charge in [0.2, 0.25) is 0 Å². The second kappa shape index (κ2) is 10.5. The van der Waals surface area contributed by atoms with Crippen molar-refractivity contribution in [3.05, 3.63) is 58.9 Å². The van der Waals surface area contributed by atoms with Crippen molar-refractivity contribution in [2.45, 2.75) is 19.2 Å². The van der Waals surface area contributed by atoms with Gasteiger partial charge in [0, 0.05) is 19.4 Å². The number of aromatic nitrogens is 1. The number of nitrogens with zero attached hydrogens (tertiary/aromatic N) is 2. The molecule has 0 spiro atoms. The van der Waals surface area contributed by atoms with Gasteiger partial charge in [-0.25, -0.2) is 0 Å². The lowest BCUT2D eigenvalue weighted by Crippen LogP contribution is -2.19. The third-order valence-corrected chi connectivity index (χ3v) is 6.07. The molecule has 1 heterocycles. The number of methoxy groups -OCH3 is 1. The molecule has 3 rings (SSSR count). The topological polar surface area (TPSA) is 52.8 Å². The van der Waals surface area contributed by atoms with Crippen LogP contribution in [0.2, 0.25) is 0 Å². The fraction of sp³-hybridized carbons (Fsp3) is 0.333. The number of benzene rings is 2. The molecule has 28 heavy (non-hydrogen) atoms. The summed E-state index contributed by atoms with van der Waals surface area (Å²) in [6.45, 7) is 3.79. The van der Waals surface area contributed by atoms with Crippen molar-refractivity contribution >= 4 is 39.2 Å². The molecule has 7 heteroatoms. The van der Waals surface area contributed by atoms with Crippen LogP contribution in [-0.2, 0) is 21.8 Å². The van der Waals surface area contributed by atoms with E-state index in [0.717, 1.165) is 21.7 Å². The number of hydrogen-bond acceptors (Lipinski definition) is 5. The Balaban J connectivity index is 1.79. The van der Waals surface area contributed by atoms with Gasteiger partial charge in [-0.3, -0.25) is 4.79 Å². The molecular formula is C21H24N2O3S2. The maximum absolute atomic E-state index is 12.4. The molecular weight excluding hydrogens is 392 g/mol. The molecule has 2 aromatic carbocycles. The normalized spacial score (nSPS) is 11.9. The summed E-state index contributed by atoms with van der Waals surface area (Å²) < 4.78 is 13.9. The van der Waals surface area contributed by atoms with E-state index in [1.165, 1.54) is 16.9 Å². The molecule has 0 aliphatic rings. The Labute approximate surface area is 173 Å². The SMILES string of the molecule is CCOc1ccc2c(c1)sc(=NC(=O)CSCc1ccccc1)n2CCOC. The summed E-state index contributed by atoms with van der Waals surface area (Å²) in [4.78, 5) is 17.5. The van der Waals surface area contributed by atoms with Crippen LogP contribution in [0, 0.1) is 0 Å². The van der Waals surface area contributed by atoms with Crippen LogP contribution in [-0.4, -0.2) is 36.6 Å². The molecule has 0 N–H and O–H groups in total. The van der Waals surface area contributed by atoms with Gasteiger partial charge in [-0.15, -0.1) is 11.8 Å². The van der Waals surface area contributed by atoms with Crippen molar-refractivity contribution in [2.75, 3.05) is 26.1 Å². The molecule has 5 nitrogen and oxygen atoms in total. The van der Waals surface area contributed by atoms with Crippen LogP contribution < -0.4 is 9.54 Å². The molecule has 0 aliphatic carbocycles. The van der Waals surface area contributed by atoms with Gasteiger partial charge in [-0.2, -0.15) is 4.99 Å². The number of rotatable bonds is 9. The zero-order chi connectivity index (χ0) is 19.8. The van der Waals surface area contributed by atoms with Crippen LogP contribution in [0.25, 0.3) is 10.2 Å². The molecule has 0 unspecified atom stereocenters. The van der Waals surface area contributed by atoms with Crippen molar-refractivity contribution < 1.29 is 14.3 Å². The van der Waals surface area contributed by atoms with Crippen LogP contribution in [0.4, 0.5) is 0 Å². The first kappa shape index (κ1) is 20.6. The number of fused-ring (bicyclic) bond motifs is 1. The van der Waals surface area contributed by atoms with E-state index in [9.17, 15) is 4.79 Å². The minimum atomic E-state index is -0.122. The summed E-state index contributed by atoms with van der Waals surface area (Å²) >= 11 is 3.08. The molecule has 0 aliphatic heterocycles. The summed E-state index contributed by atoms with van der Waals surface area (Å²) in [5.74, 6) is 1.86. The van der Waals surface area contributed by atoms with Gasteiger partial charge < -0.3 is 14.0 Å². The second-order valence-electron chi connectivity index (χ2n) is 6.08. The average Bonchev–Trinajstić information content (AvgIpc) is 3.03. The number of carbonyl (C=O) groups excluding carboxylic acids is 1. The molecule has 148 valence electrons. The summed E-state index contributed by atoms with van der Waals surface area (Å²) in [6, 6.07) is 16.1. The maximum atomic E-state index is 12.4. The third-order valence-electron chi connectivity index (χ3n) is 4.04. The largest absolute Gasteiger partial charge is 0.494 e. The first-order valence-corrected chi connectivity index (χ1v) is 11.1. The van der Waals surface area contributed by atoms with Crippen molar-refractivity contribution in [3.8, 4) is 5.75 Å². The zero-order valence-electron chi connectivity index (χ0n) is 16.1. The highest BCUT2D eigenvalue weighted by atomic mass is 32.2. The van der Waals surface area contributed by atoms with Crippen LogP contribution in [0.1, 0.15) is 12.5 Å². The van der Waals surface area contributed by atoms with E-state index in [0.29, 0.717) is 30.3 Å². The third kappa shape index (κ3) is 5.47. The highest BCUT2D eigenvalue weighted by Gasteiger charge is 2.09. The van der Waals surface area contributed by atoms with Gasteiger partial charge in [0.1, 0.15) is 5.75 Å². The van der Waals surface area contributed by atoms with E-state index in [2.05, 4.69) is 17.1 Å². The van der Waals surface area contributed by atoms with E-state index in [-0.39, 0.29) is 5.91 Å². The van der Waals surface area contributed by atoms with Crippen LogP contribution in [0.15, 0.2) is 53.5 Å². The van der Waals surface area contributed by atoms with Crippen LogP contribution in [0.3, 0.4) is 0 Å². The highest BCUT2D eigenvalue weighted by molar-refractivity contribution is 7.99. The lowest BCUT2D eigenvalue weighted by atomic mass is 10.2. The smallest absolute Gasteiger partial charge is 0.258 e. The highest BCUT2D eigenvalue weighted by Crippen LogP contribution is 2.23. The van der Waals surface area contributed by atoms with Crippen molar-refractivity contribution in [3.63, 3.8) is 0 Å². The van der Waals surface area contributed by atoms with Gasteiger partial charge >= 0.3 is 0 Å². The molecule has 1 aromatic heterocycles. The Hall–Kier alpha value is -2.09. The summed E-state index contributed by atoms with van der Waals surface area (Å²) in [7, 11) is 1.67.